The number of fused-ring (bicyclic) bond motifs is 1. The Morgan fingerprint density at radius 1 is 1.25 bits per heavy atom. The number of nitrogens with one attached hydrogen (secondary N) is 2. The number of hydrogen-bond donors (Lipinski definition) is 2. The standard InChI is InChI=1S/C25H34N6O/c1-18-15-19(2)31(29-18)13-11-23(32)30-14-12-25(17-30)24(27-21-8-4-5-9-21)28-22-10-6-3-7-20(22)16-26-25/h3,6-7,10,15,21,26H,4-5,8-9,11-14,16-17H2,1-2H3,(H,27,28)/t25-/m0/s1. The molecule has 3 heterocycles. The van der Waals surface area contributed by atoms with E-state index in [0.717, 1.165) is 55.3 Å². The highest BCUT2D eigenvalue weighted by molar-refractivity contribution is 6.04. The molecule has 0 radical (unpaired) electrons. The van der Waals surface area contributed by atoms with Gasteiger partial charge in [-0.2, -0.15) is 5.10 Å². The number of aliphatic imine (C=N–C) groups is 1. The number of nitrogens with zero attached hydrogens (tertiary/aromatic N) is 4. The Hall–Kier alpha value is -2.67. The molecule has 1 saturated heterocycles. The third-order valence-electron chi connectivity index (χ3n) is 7.24. The molecule has 2 aliphatic heterocycles. The number of benzene rings is 1. The van der Waals surface area contributed by atoms with Crippen molar-refractivity contribution in [1.82, 2.24) is 20.0 Å². The number of hydrogen-bond acceptors (Lipinski definition) is 4. The van der Waals surface area contributed by atoms with E-state index < -0.39 is 0 Å². The highest BCUT2D eigenvalue weighted by Gasteiger charge is 2.45. The number of aryl methyl sites for hydroxylation is 3. The Kier molecular flexibility index (Phi) is 5.76. The summed E-state index contributed by atoms with van der Waals surface area (Å²) >= 11 is 0. The zero-order valence-electron chi connectivity index (χ0n) is 19.2. The van der Waals surface area contributed by atoms with E-state index in [9.17, 15) is 4.79 Å². The Labute approximate surface area is 190 Å². The lowest BCUT2D eigenvalue weighted by molar-refractivity contribution is -0.130. The highest BCUT2D eigenvalue weighted by Crippen LogP contribution is 2.31. The molecule has 2 N–H and O–H groups in total. The van der Waals surface area contributed by atoms with Gasteiger partial charge in [-0.25, -0.2) is 0 Å². The molecule has 5 rings (SSSR count). The number of para-hydroxylation sites is 1. The van der Waals surface area contributed by atoms with Crippen LogP contribution in [0, 0.1) is 13.8 Å². The van der Waals surface area contributed by atoms with E-state index in [4.69, 9.17) is 4.99 Å². The quantitative estimate of drug-likeness (QED) is 0.773. The Bertz CT molecular complexity index is 1020. The average Bonchev–Trinajstić information content (AvgIpc) is 3.49. The summed E-state index contributed by atoms with van der Waals surface area (Å²) in [5.74, 6) is 1.21. The minimum atomic E-state index is -0.310. The van der Waals surface area contributed by atoms with E-state index in [0.29, 0.717) is 25.6 Å². The van der Waals surface area contributed by atoms with E-state index in [-0.39, 0.29) is 11.4 Å². The maximum absolute atomic E-state index is 13.1. The predicted octanol–water partition coefficient (Wildman–Crippen LogP) is 3.42. The minimum Gasteiger partial charge on any atom is -0.342 e. The van der Waals surface area contributed by atoms with Gasteiger partial charge < -0.3 is 10.2 Å². The maximum Gasteiger partial charge on any atom is 0.224 e. The van der Waals surface area contributed by atoms with Crippen LogP contribution >= 0.6 is 0 Å². The van der Waals surface area contributed by atoms with Crippen LogP contribution in [0.4, 0.5) is 5.69 Å². The summed E-state index contributed by atoms with van der Waals surface area (Å²) in [5.41, 5.74) is 4.17. The van der Waals surface area contributed by atoms with Gasteiger partial charge in [0.15, 0.2) is 0 Å². The van der Waals surface area contributed by atoms with Gasteiger partial charge in [0.05, 0.1) is 17.3 Å². The fourth-order valence-corrected chi connectivity index (χ4v) is 5.38. The van der Waals surface area contributed by atoms with Crippen LogP contribution in [-0.4, -0.2) is 51.1 Å². The van der Waals surface area contributed by atoms with Crippen molar-refractivity contribution in [3.63, 3.8) is 0 Å². The number of likely N-dealkylation sites (tertiary alicyclic amines) is 1. The third kappa shape index (κ3) is 4.18. The van der Waals surface area contributed by atoms with Crippen LogP contribution in [0.3, 0.4) is 0 Å². The number of anilines is 1. The van der Waals surface area contributed by atoms with Gasteiger partial charge in [-0.1, -0.05) is 31.0 Å². The van der Waals surface area contributed by atoms with Crippen LogP contribution in [0.25, 0.3) is 0 Å². The molecule has 1 amide bonds. The Morgan fingerprint density at radius 3 is 2.84 bits per heavy atom. The third-order valence-corrected chi connectivity index (χ3v) is 7.24. The zero-order valence-corrected chi connectivity index (χ0v) is 19.2. The fraction of sp³-hybridized carbons (Fsp3) is 0.560. The van der Waals surface area contributed by atoms with Crippen molar-refractivity contribution in [1.29, 1.82) is 0 Å². The molecule has 0 bridgehead atoms. The van der Waals surface area contributed by atoms with E-state index in [1.807, 2.05) is 23.4 Å². The molecule has 1 aromatic heterocycles. The van der Waals surface area contributed by atoms with Crippen molar-refractivity contribution >= 4 is 17.4 Å². The summed E-state index contributed by atoms with van der Waals surface area (Å²) in [7, 11) is 0. The SMILES string of the molecule is Cc1cc(C)n(CCC(=O)N2CC[C@@]3(C2)NCc2ccccc2NC3=NC2CCCC2)n1. The summed E-state index contributed by atoms with van der Waals surface area (Å²) in [6, 6.07) is 10.9. The van der Waals surface area contributed by atoms with Crippen LogP contribution in [0.15, 0.2) is 35.3 Å². The summed E-state index contributed by atoms with van der Waals surface area (Å²) in [4.78, 5) is 20.4. The second-order valence-electron chi connectivity index (χ2n) is 9.60. The van der Waals surface area contributed by atoms with Crippen LogP contribution in [0.5, 0.6) is 0 Å². The molecule has 3 aliphatic rings. The number of amidine groups is 1. The van der Waals surface area contributed by atoms with E-state index in [1.165, 1.54) is 18.4 Å². The first-order chi connectivity index (χ1) is 15.5. The summed E-state index contributed by atoms with van der Waals surface area (Å²) in [5, 5.41) is 12.0. The average molecular weight is 435 g/mol. The van der Waals surface area contributed by atoms with Gasteiger partial charge >= 0.3 is 0 Å². The van der Waals surface area contributed by atoms with Gasteiger partial charge in [0, 0.05) is 44.0 Å². The molecule has 2 aromatic rings. The first-order valence-corrected chi connectivity index (χ1v) is 12.0. The lowest BCUT2D eigenvalue weighted by Crippen LogP contribution is -2.55. The first-order valence-electron chi connectivity index (χ1n) is 12.0. The Balaban J connectivity index is 1.34. The molecule has 7 heteroatoms. The molecule has 170 valence electrons. The van der Waals surface area contributed by atoms with Crippen LogP contribution in [0.1, 0.15) is 55.5 Å². The smallest absolute Gasteiger partial charge is 0.224 e. The van der Waals surface area contributed by atoms with Crippen molar-refractivity contribution in [3.8, 4) is 0 Å². The van der Waals surface area contributed by atoms with Gasteiger partial charge in [0.25, 0.3) is 0 Å². The number of aromatic nitrogens is 2. The van der Waals surface area contributed by atoms with E-state index >= 15 is 0 Å². The van der Waals surface area contributed by atoms with Crippen molar-refractivity contribution in [3.05, 3.63) is 47.3 Å². The molecular weight excluding hydrogens is 400 g/mol. The van der Waals surface area contributed by atoms with Crippen molar-refractivity contribution < 1.29 is 4.79 Å². The topological polar surface area (TPSA) is 74.6 Å². The van der Waals surface area contributed by atoms with Gasteiger partial charge in [-0.3, -0.25) is 19.8 Å². The van der Waals surface area contributed by atoms with Crippen LogP contribution < -0.4 is 10.6 Å². The van der Waals surface area contributed by atoms with Gasteiger partial charge in [-0.05, 0) is 50.8 Å². The summed E-state index contributed by atoms with van der Waals surface area (Å²) in [6.07, 6.45) is 6.19. The van der Waals surface area contributed by atoms with E-state index in [2.05, 4.69) is 46.1 Å². The number of amides is 1. The largest absolute Gasteiger partial charge is 0.342 e. The van der Waals surface area contributed by atoms with Crippen molar-refractivity contribution in [2.24, 2.45) is 4.99 Å². The van der Waals surface area contributed by atoms with Crippen LogP contribution in [0.2, 0.25) is 0 Å². The molecule has 1 aliphatic carbocycles. The van der Waals surface area contributed by atoms with Crippen molar-refractivity contribution in [2.45, 2.75) is 77.0 Å². The lowest BCUT2D eigenvalue weighted by Gasteiger charge is -2.31. The summed E-state index contributed by atoms with van der Waals surface area (Å²) < 4.78 is 1.94. The number of carbonyl (C=O) groups excluding carboxylic acids is 1. The first kappa shape index (κ1) is 21.2. The van der Waals surface area contributed by atoms with Crippen LogP contribution in [-0.2, 0) is 17.9 Å². The molecule has 1 atom stereocenters. The highest BCUT2D eigenvalue weighted by atomic mass is 16.2. The summed E-state index contributed by atoms with van der Waals surface area (Å²) in [6.45, 7) is 6.85. The van der Waals surface area contributed by atoms with E-state index in [1.54, 1.807) is 0 Å². The maximum atomic E-state index is 13.1. The predicted molar refractivity (Wildman–Crippen MR) is 127 cm³/mol. The second kappa shape index (κ2) is 8.70. The van der Waals surface area contributed by atoms with Gasteiger partial charge in [-0.15, -0.1) is 0 Å². The second-order valence-corrected chi connectivity index (χ2v) is 9.60. The molecule has 1 aromatic carbocycles. The molecule has 7 nitrogen and oxygen atoms in total. The van der Waals surface area contributed by atoms with Gasteiger partial charge in [0.1, 0.15) is 5.84 Å². The van der Waals surface area contributed by atoms with Gasteiger partial charge in [0.2, 0.25) is 5.91 Å². The molecule has 2 fully saturated rings. The normalized spacial score (nSPS) is 24.7. The fourth-order valence-electron chi connectivity index (χ4n) is 5.38. The zero-order chi connectivity index (χ0) is 22.1. The molecule has 1 saturated carbocycles. The molecule has 32 heavy (non-hydrogen) atoms. The minimum absolute atomic E-state index is 0.193. The number of carbonyl (C=O) groups is 1. The lowest BCUT2D eigenvalue weighted by atomic mass is 9.96. The monoisotopic (exact) mass is 434 g/mol. The van der Waals surface area contributed by atoms with Crippen molar-refractivity contribution in [2.75, 3.05) is 18.4 Å². The number of rotatable bonds is 4. The molecule has 1 spiro atoms. The Morgan fingerprint density at radius 2 is 2.06 bits per heavy atom. The molecule has 0 unspecified atom stereocenters. The molecular formula is C25H34N6O.